The second kappa shape index (κ2) is 51.4. The highest BCUT2D eigenvalue weighted by Crippen LogP contribution is 1.70. The molecule has 0 bridgehead atoms. The second-order valence-electron chi connectivity index (χ2n) is 0.346. The van der Waals surface area contributed by atoms with Crippen molar-refractivity contribution in [3.63, 3.8) is 0 Å². The summed E-state index contributed by atoms with van der Waals surface area (Å²) in [5, 5.41) is 11.4. The van der Waals surface area contributed by atoms with Gasteiger partial charge < -0.3 is 0 Å². The lowest BCUT2D eigenvalue weighted by atomic mass is 11.7. The largest absolute Gasteiger partial charge is 0.231 e. The minimum absolute atomic E-state index is 0.639. The van der Waals surface area contributed by atoms with Gasteiger partial charge in [0.05, 0.1) is 0 Å². The summed E-state index contributed by atoms with van der Waals surface area (Å²) < 4.78 is 0. The number of isocyanates is 2. The van der Waals surface area contributed by atoms with Crippen LogP contribution in [-0.2, 0) is 9.59 Å². The molecule has 2 N–H and O–H groups in total. The molecule has 0 aliphatic heterocycles. The van der Waals surface area contributed by atoms with Gasteiger partial charge in [0.2, 0.25) is 12.2 Å². The SMILES string of the molecule is N=C=O.N=C=O.SCS. The van der Waals surface area contributed by atoms with Gasteiger partial charge in [-0.25, -0.2) is 20.4 Å². The quantitative estimate of drug-likeness (QED) is 0.184. The molecule has 0 spiro atoms. The Morgan fingerprint density at radius 2 is 1.11 bits per heavy atom. The monoisotopic (exact) mass is 166 g/mol. The molecule has 9 heavy (non-hydrogen) atoms. The highest BCUT2D eigenvalue weighted by Gasteiger charge is 1.35. The van der Waals surface area contributed by atoms with Crippen LogP contribution >= 0.6 is 25.3 Å². The van der Waals surface area contributed by atoms with E-state index in [1.165, 1.54) is 0 Å². The van der Waals surface area contributed by atoms with Crippen LogP contribution in [-0.4, -0.2) is 17.2 Å². The fourth-order valence-corrected chi connectivity index (χ4v) is 0. The molecule has 0 aromatic heterocycles. The van der Waals surface area contributed by atoms with Gasteiger partial charge in [0, 0.05) is 5.08 Å². The summed E-state index contributed by atoms with van der Waals surface area (Å²) in [6, 6.07) is 0. The summed E-state index contributed by atoms with van der Waals surface area (Å²) in [6.45, 7) is 0. The molecular formula is C3H6N2O2S2. The van der Waals surface area contributed by atoms with Crippen LogP contribution in [0.15, 0.2) is 0 Å². The normalized spacial score (nSPS) is 3.78. The number of hydrogen-bond donors (Lipinski definition) is 4. The Balaban J connectivity index is -0.0000000600. The highest BCUT2D eigenvalue weighted by molar-refractivity contribution is 7.97. The van der Waals surface area contributed by atoms with E-state index in [1.54, 1.807) is 0 Å². The molecule has 0 saturated carbocycles. The van der Waals surface area contributed by atoms with E-state index in [2.05, 4.69) is 25.3 Å². The van der Waals surface area contributed by atoms with Crippen molar-refractivity contribution in [2.24, 2.45) is 0 Å². The zero-order chi connectivity index (χ0) is 8.12. The fourth-order valence-electron chi connectivity index (χ4n) is 0. The fraction of sp³-hybridized carbons (Fsp3) is 0.333. The Kier molecular flexibility index (Phi) is 90.3. The van der Waals surface area contributed by atoms with E-state index in [0.29, 0.717) is 5.08 Å². The first-order valence-electron chi connectivity index (χ1n) is 1.54. The third-order valence-electron chi connectivity index (χ3n) is 0. The molecule has 0 aromatic rings. The van der Waals surface area contributed by atoms with Crippen molar-refractivity contribution in [2.75, 3.05) is 5.08 Å². The number of hydrogen-bond acceptors (Lipinski definition) is 6. The molecule has 0 aromatic carbocycles. The molecule has 0 heterocycles. The van der Waals surface area contributed by atoms with Crippen LogP contribution in [0.25, 0.3) is 0 Å². The van der Waals surface area contributed by atoms with Crippen molar-refractivity contribution < 1.29 is 9.59 Å². The van der Waals surface area contributed by atoms with Crippen molar-refractivity contribution in [1.29, 1.82) is 10.8 Å². The summed E-state index contributed by atoms with van der Waals surface area (Å²) in [4.78, 5) is 16.7. The first-order chi connectivity index (χ1) is 4.24. The second-order valence-corrected chi connectivity index (χ2v) is 1.48. The zero-order valence-electron chi connectivity index (χ0n) is 4.42. The summed E-state index contributed by atoms with van der Waals surface area (Å²) in [6.07, 6.45) is 1.50. The van der Waals surface area contributed by atoms with E-state index in [0.717, 1.165) is 12.2 Å². The number of thiol groups is 2. The van der Waals surface area contributed by atoms with Crippen LogP contribution < -0.4 is 0 Å². The molecule has 0 radical (unpaired) electrons. The zero-order valence-corrected chi connectivity index (χ0v) is 6.21. The Bertz CT molecular complexity index is 82.0. The van der Waals surface area contributed by atoms with Gasteiger partial charge in [-0.15, -0.1) is 0 Å². The van der Waals surface area contributed by atoms with Crippen molar-refractivity contribution >= 4 is 37.4 Å². The van der Waals surface area contributed by atoms with Crippen molar-refractivity contribution in [3.8, 4) is 0 Å². The molecule has 0 aliphatic rings. The van der Waals surface area contributed by atoms with Crippen LogP contribution in [0.2, 0.25) is 0 Å². The average molecular weight is 166 g/mol. The van der Waals surface area contributed by atoms with Gasteiger partial charge in [0.15, 0.2) is 0 Å². The predicted molar refractivity (Wildman–Crippen MR) is 39.7 cm³/mol. The molecule has 52 valence electrons. The summed E-state index contributed by atoms with van der Waals surface area (Å²) in [7, 11) is 0. The maximum absolute atomic E-state index is 8.35. The lowest BCUT2D eigenvalue weighted by molar-refractivity contribution is 0.562. The third kappa shape index (κ3) is 763. The minimum atomic E-state index is 0.639. The molecule has 0 rings (SSSR count). The van der Waals surface area contributed by atoms with E-state index in [9.17, 15) is 0 Å². The number of rotatable bonds is 0. The van der Waals surface area contributed by atoms with E-state index in [-0.39, 0.29) is 0 Å². The first kappa shape index (κ1) is 15.8. The van der Waals surface area contributed by atoms with Gasteiger partial charge >= 0.3 is 0 Å². The van der Waals surface area contributed by atoms with Gasteiger partial charge in [-0.3, -0.25) is 0 Å². The third-order valence-corrected chi connectivity index (χ3v) is 0. The number of nitrogens with one attached hydrogen (secondary N) is 2. The molecule has 0 fully saturated rings. The summed E-state index contributed by atoms with van der Waals surface area (Å²) >= 11 is 7.31. The van der Waals surface area contributed by atoms with E-state index >= 15 is 0 Å². The molecule has 0 amide bonds. The van der Waals surface area contributed by atoms with Gasteiger partial charge in [-0.05, 0) is 0 Å². The Labute approximate surface area is 63.5 Å². The molecule has 6 heteroatoms. The topological polar surface area (TPSA) is 81.8 Å². The molecule has 0 saturated heterocycles. The molecule has 0 atom stereocenters. The molecular weight excluding hydrogens is 160 g/mol. The smallest absolute Gasteiger partial charge is 0.222 e. The summed E-state index contributed by atoms with van der Waals surface area (Å²) in [5.41, 5.74) is 0. The van der Waals surface area contributed by atoms with Crippen molar-refractivity contribution in [3.05, 3.63) is 0 Å². The van der Waals surface area contributed by atoms with Crippen LogP contribution in [0.3, 0.4) is 0 Å². The van der Waals surface area contributed by atoms with Crippen molar-refractivity contribution in [2.45, 2.75) is 0 Å². The Morgan fingerprint density at radius 1 is 1.11 bits per heavy atom. The predicted octanol–water partition coefficient (Wildman–Crippen LogP) is 0.605. The Morgan fingerprint density at radius 3 is 1.11 bits per heavy atom. The maximum atomic E-state index is 8.35. The van der Waals surface area contributed by atoms with E-state index < -0.39 is 0 Å². The minimum Gasteiger partial charge on any atom is -0.222 e. The lowest BCUT2D eigenvalue weighted by Gasteiger charge is -1.49. The molecule has 4 nitrogen and oxygen atoms in total. The van der Waals surface area contributed by atoms with Crippen molar-refractivity contribution in [1.82, 2.24) is 0 Å². The van der Waals surface area contributed by atoms with Gasteiger partial charge in [0.25, 0.3) is 0 Å². The van der Waals surface area contributed by atoms with Gasteiger partial charge in [-0.1, -0.05) is 0 Å². The average Bonchev–Trinajstić information content (AvgIpc) is 1.70. The van der Waals surface area contributed by atoms with E-state index in [1.807, 2.05) is 0 Å². The summed E-state index contributed by atoms with van der Waals surface area (Å²) in [5.74, 6) is 0. The van der Waals surface area contributed by atoms with Gasteiger partial charge in [0.1, 0.15) is 0 Å². The van der Waals surface area contributed by atoms with Crippen LogP contribution in [0.4, 0.5) is 0 Å². The van der Waals surface area contributed by atoms with Gasteiger partial charge in [-0.2, -0.15) is 25.3 Å². The lowest BCUT2D eigenvalue weighted by Crippen LogP contribution is -1.25. The molecule has 0 unspecified atom stereocenters. The highest BCUT2D eigenvalue weighted by atomic mass is 32.2. The van der Waals surface area contributed by atoms with Crippen LogP contribution in [0, 0.1) is 10.8 Å². The Hall–Kier alpha value is -0.540. The maximum Gasteiger partial charge on any atom is 0.231 e. The van der Waals surface area contributed by atoms with Crippen LogP contribution in [0.5, 0.6) is 0 Å². The first-order valence-corrected chi connectivity index (χ1v) is 2.81. The van der Waals surface area contributed by atoms with E-state index in [4.69, 9.17) is 20.4 Å². The molecule has 0 aliphatic carbocycles. The number of carbonyl (C=O) groups excluding carboxylic acids is 2. The van der Waals surface area contributed by atoms with Crippen LogP contribution in [0.1, 0.15) is 0 Å². The standard InChI is InChI=1S/2CHNO.CH4S2/c3*2-1-3/h2*2H;2-3H,1H2.